The summed E-state index contributed by atoms with van der Waals surface area (Å²) >= 11 is 0. The number of carbonyl (C=O) groups excluding carboxylic acids is 3. The van der Waals surface area contributed by atoms with Gasteiger partial charge in [0.05, 0.1) is 12.5 Å². The third-order valence-electron chi connectivity index (χ3n) is 4.61. The first-order chi connectivity index (χ1) is 11.6. The minimum absolute atomic E-state index is 0.202. The highest BCUT2D eigenvalue weighted by atomic mass is 16.6. The van der Waals surface area contributed by atoms with Crippen molar-refractivity contribution in [3.8, 4) is 0 Å². The maximum absolute atomic E-state index is 12.4. The molecule has 0 spiro atoms. The summed E-state index contributed by atoms with van der Waals surface area (Å²) in [6.07, 6.45) is 2.78. The van der Waals surface area contributed by atoms with Crippen LogP contribution in [0.3, 0.4) is 0 Å². The summed E-state index contributed by atoms with van der Waals surface area (Å²) < 4.78 is 5.01. The topological polar surface area (TPSA) is 102 Å². The highest BCUT2D eigenvalue weighted by molar-refractivity contribution is 5.96. The Labute approximate surface area is 140 Å². The molecule has 24 heavy (non-hydrogen) atoms. The number of carbonyl (C=O) groups is 3. The van der Waals surface area contributed by atoms with E-state index in [-0.39, 0.29) is 29.9 Å². The van der Waals surface area contributed by atoms with Gasteiger partial charge in [0.15, 0.2) is 0 Å². The van der Waals surface area contributed by atoms with Crippen LogP contribution in [0.4, 0.5) is 10.5 Å². The first kappa shape index (κ1) is 16.3. The fraction of sp³-hybridized carbons (Fsp3) is 0.471. The quantitative estimate of drug-likeness (QED) is 0.871. The minimum Gasteiger partial charge on any atom is -0.449 e. The lowest BCUT2D eigenvalue weighted by Gasteiger charge is -2.26. The zero-order valence-electron chi connectivity index (χ0n) is 13.4. The molecule has 128 valence electrons. The van der Waals surface area contributed by atoms with Crippen LogP contribution in [0, 0.1) is 5.92 Å². The lowest BCUT2D eigenvalue weighted by atomic mass is 10.0. The summed E-state index contributed by atoms with van der Waals surface area (Å²) in [5.41, 5.74) is 6.56. The Morgan fingerprint density at radius 2 is 1.92 bits per heavy atom. The molecule has 1 aromatic rings. The van der Waals surface area contributed by atoms with E-state index in [9.17, 15) is 14.4 Å². The van der Waals surface area contributed by atoms with Gasteiger partial charge in [0.25, 0.3) is 5.91 Å². The number of nitrogens with one attached hydrogen (secondary N) is 1. The Balaban J connectivity index is 1.65. The summed E-state index contributed by atoms with van der Waals surface area (Å²) in [6, 6.07) is 6.58. The van der Waals surface area contributed by atoms with Gasteiger partial charge in [-0.05, 0) is 43.5 Å². The molecule has 0 radical (unpaired) electrons. The zero-order valence-corrected chi connectivity index (χ0v) is 13.4. The molecule has 2 unspecified atom stereocenters. The molecule has 1 heterocycles. The number of cyclic esters (lactones) is 1. The number of hydrogen-bond donors (Lipinski definition) is 2. The van der Waals surface area contributed by atoms with Gasteiger partial charge < -0.3 is 15.8 Å². The molecule has 1 aliphatic heterocycles. The normalized spacial score (nSPS) is 23.7. The van der Waals surface area contributed by atoms with Crippen molar-refractivity contribution in [3.63, 3.8) is 0 Å². The van der Waals surface area contributed by atoms with E-state index >= 15 is 0 Å². The number of nitrogens with two attached hydrogens (primary N) is 1. The lowest BCUT2D eigenvalue weighted by molar-refractivity contribution is -0.122. The summed E-state index contributed by atoms with van der Waals surface area (Å²) in [5.74, 6) is -0.894. The molecule has 1 saturated carbocycles. The van der Waals surface area contributed by atoms with Gasteiger partial charge in [0.1, 0.15) is 0 Å². The van der Waals surface area contributed by atoms with Gasteiger partial charge in [-0.25, -0.2) is 4.79 Å². The third kappa shape index (κ3) is 3.34. The Morgan fingerprint density at radius 1 is 1.17 bits per heavy atom. The smallest absolute Gasteiger partial charge is 0.414 e. The van der Waals surface area contributed by atoms with Crippen LogP contribution in [0.25, 0.3) is 0 Å². The Kier molecular flexibility index (Phi) is 4.69. The first-order valence-electron chi connectivity index (χ1n) is 8.21. The minimum atomic E-state index is -0.367. The molecular formula is C17H21N3O4. The van der Waals surface area contributed by atoms with E-state index in [1.165, 1.54) is 0 Å². The summed E-state index contributed by atoms with van der Waals surface area (Å²) in [7, 11) is 0. The second-order valence-corrected chi connectivity index (χ2v) is 6.19. The largest absolute Gasteiger partial charge is 0.449 e. The van der Waals surface area contributed by atoms with Gasteiger partial charge in [-0.1, -0.05) is 6.42 Å². The van der Waals surface area contributed by atoms with Gasteiger partial charge >= 0.3 is 6.09 Å². The van der Waals surface area contributed by atoms with E-state index < -0.39 is 0 Å². The first-order valence-corrected chi connectivity index (χ1v) is 8.21. The van der Waals surface area contributed by atoms with Crippen LogP contribution in [0.5, 0.6) is 0 Å². The predicted molar refractivity (Wildman–Crippen MR) is 87.5 cm³/mol. The van der Waals surface area contributed by atoms with Crippen LogP contribution in [-0.2, 0) is 9.53 Å². The molecule has 2 atom stereocenters. The number of primary amides is 1. The van der Waals surface area contributed by atoms with E-state index in [0.29, 0.717) is 24.4 Å². The van der Waals surface area contributed by atoms with Crippen LogP contribution >= 0.6 is 0 Å². The van der Waals surface area contributed by atoms with Gasteiger partial charge in [0.2, 0.25) is 5.91 Å². The molecule has 0 bridgehead atoms. The number of rotatable bonds is 4. The highest BCUT2D eigenvalue weighted by Crippen LogP contribution is 2.26. The van der Waals surface area contributed by atoms with Crippen molar-refractivity contribution >= 4 is 23.6 Å². The van der Waals surface area contributed by atoms with Crippen molar-refractivity contribution in [2.75, 3.05) is 18.1 Å². The van der Waals surface area contributed by atoms with Crippen LogP contribution in [0.15, 0.2) is 24.3 Å². The number of benzene rings is 1. The average molecular weight is 331 g/mol. The molecule has 1 saturated heterocycles. The van der Waals surface area contributed by atoms with Crippen molar-refractivity contribution in [2.24, 2.45) is 11.7 Å². The van der Waals surface area contributed by atoms with E-state index in [4.69, 9.17) is 10.5 Å². The number of hydrogen-bond acceptors (Lipinski definition) is 4. The number of amides is 3. The third-order valence-corrected chi connectivity index (χ3v) is 4.61. The molecule has 2 fully saturated rings. The van der Waals surface area contributed by atoms with Crippen LogP contribution in [0.2, 0.25) is 0 Å². The molecule has 0 aromatic heterocycles. The summed E-state index contributed by atoms with van der Waals surface area (Å²) in [4.78, 5) is 37.0. The van der Waals surface area contributed by atoms with Crippen molar-refractivity contribution in [1.82, 2.24) is 5.32 Å². The van der Waals surface area contributed by atoms with Crippen molar-refractivity contribution in [3.05, 3.63) is 29.8 Å². The Hall–Kier alpha value is -2.57. The van der Waals surface area contributed by atoms with Crippen molar-refractivity contribution in [2.45, 2.75) is 31.7 Å². The maximum Gasteiger partial charge on any atom is 0.414 e. The van der Waals surface area contributed by atoms with Crippen molar-refractivity contribution < 1.29 is 19.1 Å². The SMILES string of the molecule is NC(=O)C1CCCC1NC(=O)c1ccc(N2CCCOC2=O)cc1. The van der Waals surface area contributed by atoms with E-state index in [1.807, 2.05) is 0 Å². The van der Waals surface area contributed by atoms with Gasteiger partial charge in [-0.15, -0.1) is 0 Å². The molecule has 3 rings (SSSR count). The standard InChI is InChI=1S/C17H21N3O4/c18-15(21)13-3-1-4-14(13)19-16(22)11-5-7-12(8-6-11)20-9-2-10-24-17(20)23/h5-8,13-14H,1-4,9-10H2,(H2,18,21)(H,19,22). The van der Waals surface area contributed by atoms with Crippen molar-refractivity contribution in [1.29, 1.82) is 0 Å². The number of anilines is 1. The number of nitrogens with zero attached hydrogens (tertiary/aromatic N) is 1. The fourth-order valence-electron chi connectivity index (χ4n) is 3.30. The molecule has 2 aliphatic rings. The maximum atomic E-state index is 12.4. The lowest BCUT2D eigenvalue weighted by Crippen LogP contribution is -2.42. The predicted octanol–water partition coefficient (Wildman–Crippen LogP) is 1.42. The molecule has 3 N–H and O–H groups in total. The Morgan fingerprint density at radius 3 is 2.58 bits per heavy atom. The van der Waals surface area contributed by atoms with E-state index in [2.05, 4.69) is 5.32 Å². The molecule has 3 amide bonds. The van der Waals surface area contributed by atoms with Gasteiger partial charge in [-0.2, -0.15) is 0 Å². The van der Waals surface area contributed by atoms with Crippen LogP contribution in [0.1, 0.15) is 36.0 Å². The highest BCUT2D eigenvalue weighted by Gasteiger charge is 2.32. The van der Waals surface area contributed by atoms with Gasteiger partial charge in [0, 0.05) is 23.8 Å². The second-order valence-electron chi connectivity index (χ2n) is 6.19. The molecule has 7 heteroatoms. The number of ether oxygens (including phenoxy) is 1. The molecule has 1 aromatic carbocycles. The average Bonchev–Trinajstić information content (AvgIpc) is 3.04. The van der Waals surface area contributed by atoms with E-state index in [0.717, 1.165) is 25.7 Å². The summed E-state index contributed by atoms with van der Waals surface area (Å²) in [6.45, 7) is 1.05. The zero-order chi connectivity index (χ0) is 17.1. The molecular weight excluding hydrogens is 310 g/mol. The summed E-state index contributed by atoms with van der Waals surface area (Å²) in [5, 5.41) is 2.89. The molecule has 7 nitrogen and oxygen atoms in total. The van der Waals surface area contributed by atoms with Crippen LogP contribution in [-0.4, -0.2) is 37.1 Å². The molecule has 1 aliphatic carbocycles. The monoisotopic (exact) mass is 331 g/mol. The van der Waals surface area contributed by atoms with E-state index in [1.54, 1.807) is 29.2 Å². The van der Waals surface area contributed by atoms with Gasteiger partial charge in [-0.3, -0.25) is 14.5 Å². The van der Waals surface area contributed by atoms with Crippen LogP contribution < -0.4 is 16.0 Å². The fourth-order valence-corrected chi connectivity index (χ4v) is 3.30. The Bertz CT molecular complexity index is 644. The second kappa shape index (κ2) is 6.90.